The number of aromatic nitrogens is 14. The second-order valence-corrected chi connectivity index (χ2v) is 22.5. The van der Waals surface area contributed by atoms with Gasteiger partial charge in [0.2, 0.25) is 0 Å². The average Bonchev–Trinajstić information content (AvgIpc) is 4.39. The van der Waals surface area contributed by atoms with Crippen LogP contribution in [0.15, 0.2) is 107 Å². The number of ether oxygens (including phenoxy) is 1. The van der Waals surface area contributed by atoms with Crippen molar-refractivity contribution in [3.05, 3.63) is 119 Å². The van der Waals surface area contributed by atoms with Gasteiger partial charge >= 0.3 is 17.5 Å². The van der Waals surface area contributed by atoms with Gasteiger partial charge in [-0.15, -0.1) is 22.6 Å². The number of hydrogen-bond donors (Lipinski definition) is 1. The van der Waals surface area contributed by atoms with E-state index in [2.05, 4.69) is 59.1 Å². The lowest BCUT2D eigenvalue weighted by Gasteiger charge is -2.39. The van der Waals surface area contributed by atoms with Crippen LogP contribution in [-0.4, -0.2) is 109 Å². The first-order chi connectivity index (χ1) is 37.1. The van der Waals surface area contributed by atoms with Gasteiger partial charge in [0.25, 0.3) is 0 Å². The maximum atomic E-state index is 13.8. The fourth-order valence-corrected chi connectivity index (χ4v) is 12.7. The minimum atomic E-state index is -0.547. The summed E-state index contributed by atoms with van der Waals surface area (Å²) in [5.74, 6) is 0. The Balaban J connectivity index is 0.000000157. The molecule has 10 aromatic rings. The highest BCUT2D eigenvalue weighted by atomic mass is 35.5. The number of pyridine rings is 4. The predicted molar refractivity (Wildman–Crippen MR) is 300 cm³/mol. The number of benzene rings is 2. The van der Waals surface area contributed by atoms with Gasteiger partial charge in [-0.05, 0) is 120 Å². The second-order valence-electron chi connectivity index (χ2n) is 22.5. The number of carbonyl (C=O) groups is 1. The first kappa shape index (κ1) is 50.7. The highest BCUT2D eigenvalue weighted by molar-refractivity contribution is 6.05. The molecular formula is C57H61ClN16O4. The number of aryl methyl sites for hydroxylation is 4. The van der Waals surface area contributed by atoms with Crippen LogP contribution in [0.1, 0.15) is 84.2 Å². The smallest absolute Gasteiger partial charge is 0.410 e. The molecule has 0 spiro atoms. The van der Waals surface area contributed by atoms with Crippen LogP contribution in [-0.2, 0) is 32.9 Å². The molecule has 12 heterocycles. The van der Waals surface area contributed by atoms with Crippen molar-refractivity contribution in [2.45, 2.75) is 114 Å². The van der Waals surface area contributed by atoms with Gasteiger partial charge in [-0.25, -0.2) is 14.4 Å². The lowest BCUT2D eigenvalue weighted by Crippen LogP contribution is -2.49. The summed E-state index contributed by atoms with van der Waals surface area (Å²) in [5.41, 5.74) is 11.7. The van der Waals surface area contributed by atoms with Crippen LogP contribution < -0.4 is 16.7 Å². The molecule has 4 aliphatic heterocycles. The van der Waals surface area contributed by atoms with Gasteiger partial charge in [0.05, 0.1) is 69.3 Å². The van der Waals surface area contributed by atoms with Crippen LogP contribution >= 0.6 is 12.4 Å². The molecule has 20 nitrogen and oxygen atoms in total. The maximum Gasteiger partial charge on any atom is 0.410 e. The average molecular weight is 1070 g/mol. The minimum absolute atomic E-state index is 0. The number of hydrogen-bond acceptors (Lipinski definition) is 13. The molecule has 4 bridgehead atoms. The first-order valence-corrected chi connectivity index (χ1v) is 26.6. The first-order valence-electron chi connectivity index (χ1n) is 26.6. The summed E-state index contributed by atoms with van der Waals surface area (Å²) in [6.45, 7) is 5.68. The zero-order chi connectivity index (χ0) is 53.0. The quantitative estimate of drug-likeness (QED) is 0.166. The van der Waals surface area contributed by atoms with Crippen LogP contribution in [0.2, 0.25) is 0 Å². The van der Waals surface area contributed by atoms with E-state index in [0.29, 0.717) is 30.6 Å². The lowest BCUT2D eigenvalue weighted by molar-refractivity contribution is 0.00297. The zero-order valence-corrected chi connectivity index (χ0v) is 45.4. The number of piperidine rings is 2. The Kier molecular flexibility index (Phi) is 12.6. The van der Waals surface area contributed by atoms with E-state index < -0.39 is 5.60 Å². The number of carbonyl (C=O) groups excluding carboxylic acids is 1. The Labute approximate surface area is 454 Å². The third kappa shape index (κ3) is 8.89. The van der Waals surface area contributed by atoms with Gasteiger partial charge in [-0.1, -0.05) is 34.7 Å². The molecule has 21 heteroatoms. The molecule has 0 saturated carbocycles. The third-order valence-electron chi connectivity index (χ3n) is 16.2. The molecule has 400 valence electrons. The Morgan fingerprint density at radius 3 is 1.41 bits per heavy atom. The van der Waals surface area contributed by atoms with Crippen LogP contribution in [0.3, 0.4) is 0 Å². The topological polar surface area (TPSA) is 208 Å². The SMILES string of the molecule is Cl.Cn1cc(-c2ccc(-c3ccc4ncc5c(c4c3)n(C3CC4CCC(C3)N4)c(=O)n5C)cn2)nn1.Cn1cc(-c2ccc(-c3ccc4ncc5c(c4c3)n(C3CC4CCC(C3)N4C(=O)OC(C)(C)C)c(=O)n5C)cn2)nn1. The van der Waals surface area contributed by atoms with E-state index in [4.69, 9.17) is 9.72 Å². The number of halogens is 1. The van der Waals surface area contributed by atoms with Crippen LogP contribution in [0.5, 0.6) is 0 Å². The summed E-state index contributed by atoms with van der Waals surface area (Å²) in [6, 6.07) is 21.6. The van der Waals surface area contributed by atoms with E-state index in [-0.39, 0.29) is 54.0 Å². The van der Waals surface area contributed by atoms with Gasteiger partial charge in [0, 0.05) is 98.7 Å². The summed E-state index contributed by atoms with van der Waals surface area (Å²) in [7, 11) is 7.32. The van der Waals surface area contributed by atoms with E-state index >= 15 is 0 Å². The van der Waals surface area contributed by atoms with Gasteiger partial charge in [-0.3, -0.25) is 47.6 Å². The molecule has 78 heavy (non-hydrogen) atoms. The molecule has 14 rings (SSSR count). The molecule has 4 atom stereocenters. The number of nitrogens with one attached hydrogen (secondary N) is 1. The Morgan fingerprint density at radius 1 is 0.551 bits per heavy atom. The molecule has 1 N–H and O–H groups in total. The maximum absolute atomic E-state index is 13.8. The number of nitrogens with zero attached hydrogens (tertiary/aromatic N) is 15. The Hall–Kier alpha value is -8.10. The molecule has 0 aliphatic carbocycles. The summed E-state index contributed by atoms with van der Waals surface area (Å²) in [4.78, 5) is 60.8. The fraction of sp³-hybridized carbons (Fsp3) is 0.386. The van der Waals surface area contributed by atoms with Crippen molar-refractivity contribution in [3.8, 4) is 45.0 Å². The van der Waals surface area contributed by atoms with E-state index in [1.54, 1.807) is 31.7 Å². The second kappa shape index (κ2) is 19.4. The lowest BCUT2D eigenvalue weighted by atomic mass is 9.97. The largest absolute Gasteiger partial charge is 0.444 e. The third-order valence-corrected chi connectivity index (χ3v) is 16.2. The van der Waals surface area contributed by atoms with Gasteiger partial charge in [0.1, 0.15) is 17.0 Å². The number of fused-ring (bicyclic) bond motifs is 10. The van der Waals surface area contributed by atoms with Crippen molar-refractivity contribution in [3.63, 3.8) is 0 Å². The van der Waals surface area contributed by atoms with Gasteiger partial charge < -0.3 is 15.0 Å². The normalized spacial score (nSPS) is 20.8. The van der Waals surface area contributed by atoms with Crippen molar-refractivity contribution >= 4 is 62.4 Å². The van der Waals surface area contributed by atoms with E-state index in [0.717, 1.165) is 109 Å². The monoisotopic (exact) mass is 1070 g/mol. The number of amides is 1. The van der Waals surface area contributed by atoms with Crippen molar-refractivity contribution in [2.24, 2.45) is 28.2 Å². The van der Waals surface area contributed by atoms with Crippen LogP contribution in [0.25, 0.3) is 88.9 Å². The highest BCUT2D eigenvalue weighted by Gasteiger charge is 2.46. The van der Waals surface area contributed by atoms with E-state index in [9.17, 15) is 14.4 Å². The summed E-state index contributed by atoms with van der Waals surface area (Å²) >= 11 is 0. The molecule has 4 saturated heterocycles. The van der Waals surface area contributed by atoms with E-state index in [1.165, 1.54) is 12.8 Å². The summed E-state index contributed by atoms with van der Waals surface area (Å²) < 4.78 is 16.5. The molecule has 1 amide bonds. The van der Waals surface area contributed by atoms with Crippen molar-refractivity contribution in [1.82, 2.24) is 78.4 Å². The molecule has 8 aromatic heterocycles. The fourth-order valence-electron chi connectivity index (χ4n) is 12.7. The van der Waals surface area contributed by atoms with Crippen LogP contribution in [0, 0.1) is 0 Å². The summed E-state index contributed by atoms with van der Waals surface area (Å²) in [5, 5.41) is 21.9. The number of imidazole rings is 2. The van der Waals surface area contributed by atoms with Gasteiger partial charge in [-0.2, -0.15) is 0 Å². The minimum Gasteiger partial charge on any atom is -0.444 e. The number of rotatable bonds is 6. The highest BCUT2D eigenvalue weighted by Crippen LogP contribution is 2.43. The standard InChI is InChI=1S/C31H34N8O3.C26H26N8O.ClH/c1-31(2,3)42-30(41)38-20-8-9-21(38)14-22(13-20)39-28-23-12-18(6-10-24(23)33-16-27(28)37(5)29(39)40)19-7-11-25(32-15-19)26-17-36(4)35-34-26;1-32-14-23(30-31-32)22-8-4-16(12-27-22)15-3-7-21-20(9-15)25-24(13-28-21)33(2)26(35)34(25)19-10-17-5-6-18(11-19)29-17;/h6-7,10-12,15-17,20-22H,8-9,13-14H2,1-5H3;3-4,7-9,12-14,17-19,29H,5-6,10-11H2,1-2H3;1H. The molecule has 2 aromatic carbocycles. The van der Waals surface area contributed by atoms with Gasteiger partial charge in [0.15, 0.2) is 0 Å². The van der Waals surface area contributed by atoms with Crippen molar-refractivity contribution in [2.75, 3.05) is 0 Å². The molecule has 4 aliphatic rings. The molecule has 4 fully saturated rings. The Morgan fingerprint density at radius 2 is 1.00 bits per heavy atom. The van der Waals surface area contributed by atoms with Crippen LogP contribution in [0.4, 0.5) is 4.79 Å². The molecule has 0 radical (unpaired) electrons. The molecular weight excluding hydrogens is 1010 g/mol. The Bertz CT molecular complexity index is 4050. The zero-order valence-electron chi connectivity index (χ0n) is 44.6. The predicted octanol–water partition coefficient (Wildman–Crippen LogP) is 8.47. The van der Waals surface area contributed by atoms with E-state index in [1.807, 2.05) is 129 Å². The van der Waals surface area contributed by atoms with Crippen molar-refractivity contribution in [1.29, 1.82) is 0 Å². The summed E-state index contributed by atoms with van der Waals surface area (Å²) in [6.07, 6.45) is 18.4. The van der Waals surface area contributed by atoms with Crippen molar-refractivity contribution < 1.29 is 9.53 Å². The molecule has 4 unspecified atom stereocenters.